The monoisotopic (exact) mass is 304 g/mol. The lowest BCUT2D eigenvalue weighted by molar-refractivity contribution is 0.0945. The van der Waals surface area contributed by atoms with Crippen molar-refractivity contribution in [3.63, 3.8) is 0 Å². The molecular formula is C13H18Cl2N2O2. The highest BCUT2D eigenvalue weighted by molar-refractivity contribution is 6.30. The Morgan fingerprint density at radius 3 is 3.00 bits per heavy atom. The second kappa shape index (κ2) is 7.58. The van der Waals surface area contributed by atoms with E-state index < -0.39 is 0 Å². The van der Waals surface area contributed by atoms with Gasteiger partial charge in [-0.2, -0.15) is 0 Å². The summed E-state index contributed by atoms with van der Waals surface area (Å²) >= 11 is 5.86. The molecule has 106 valence electrons. The first kappa shape index (κ1) is 16.1. The molecule has 1 heterocycles. The fourth-order valence-electron chi connectivity index (χ4n) is 2.07. The van der Waals surface area contributed by atoms with Gasteiger partial charge < -0.3 is 15.4 Å². The summed E-state index contributed by atoms with van der Waals surface area (Å²) in [5.74, 6) is 0.909. The third-order valence-corrected chi connectivity index (χ3v) is 3.36. The number of hydrogen-bond donors (Lipinski definition) is 2. The number of ether oxygens (including phenoxy) is 1. The topological polar surface area (TPSA) is 50.4 Å². The molecule has 0 aliphatic carbocycles. The zero-order valence-electron chi connectivity index (χ0n) is 10.7. The number of carbonyl (C=O) groups excluding carboxylic acids is 1. The number of methoxy groups -OCH3 is 1. The van der Waals surface area contributed by atoms with Crippen molar-refractivity contribution >= 4 is 29.9 Å². The first-order valence-corrected chi connectivity index (χ1v) is 6.41. The number of halogens is 2. The Morgan fingerprint density at radius 2 is 2.37 bits per heavy atom. The maximum absolute atomic E-state index is 12.0. The molecule has 6 heteroatoms. The lowest BCUT2D eigenvalue weighted by atomic mass is 10.1. The van der Waals surface area contributed by atoms with Gasteiger partial charge in [0.15, 0.2) is 0 Å². The SMILES string of the molecule is COc1cc(Cl)ccc1C(=O)NCC1CCNC1.Cl. The second-order valence-corrected chi connectivity index (χ2v) is 4.85. The van der Waals surface area contributed by atoms with Gasteiger partial charge in [0.2, 0.25) is 0 Å². The fraction of sp³-hybridized carbons (Fsp3) is 0.462. The largest absolute Gasteiger partial charge is 0.496 e. The van der Waals surface area contributed by atoms with E-state index in [9.17, 15) is 4.79 Å². The summed E-state index contributed by atoms with van der Waals surface area (Å²) in [6, 6.07) is 5.02. The highest BCUT2D eigenvalue weighted by Crippen LogP contribution is 2.23. The smallest absolute Gasteiger partial charge is 0.255 e. The van der Waals surface area contributed by atoms with Crippen LogP contribution in [-0.2, 0) is 0 Å². The molecule has 1 amide bonds. The Bertz CT molecular complexity index is 435. The molecule has 1 saturated heterocycles. The van der Waals surface area contributed by atoms with Crippen LogP contribution < -0.4 is 15.4 Å². The first-order valence-electron chi connectivity index (χ1n) is 6.03. The normalized spacial score (nSPS) is 17.7. The van der Waals surface area contributed by atoms with Crippen LogP contribution in [0.1, 0.15) is 16.8 Å². The Balaban J connectivity index is 0.00000180. The Hall–Kier alpha value is -0.970. The fourth-order valence-corrected chi connectivity index (χ4v) is 2.24. The van der Waals surface area contributed by atoms with Crippen molar-refractivity contribution in [2.75, 3.05) is 26.7 Å². The maximum atomic E-state index is 12.0. The minimum atomic E-state index is -0.115. The molecule has 1 unspecified atom stereocenters. The van der Waals surface area contributed by atoms with Crippen molar-refractivity contribution in [2.24, 2.45) is 5.92 Å². The highest BCUT2D eigenvalue weighted by atomic mass is 35.5. The number of amides is 1. The zero-order valence-corrected chi connectivity index (χ0v) is 12.3. The van der Waals surface area contributed by atoms with E-state index in [1.165, 1.54) is 7.11 Å². The van der Waals surface area contributed by atoms with E-state index in [1.807, 2.05) is 0 Å². The molecule has 0 aromatic heterocycles. The van der Waals surface area contributed by atoms with Crippen LogP contribution in [0.4, 0.5) is 0 Å². The van der Waals surface area contributed by atoms with Gasteiger partial charge in [-0.15, -0.1) is 12.4 Å². The van der Waals surface area contributed by atoms with Gasteiger partial charge in [0.25, 0.3) is 5.91 Å². The van der Waals surface area contributed by atoms with Gasteiger partial charge in [-0.1, -0.05) is 11.6 Å². The molecule has 4 nitrogen and oxygen atoms in total. The van der Waals surface area contributed by atoms with Gasteiger partial charge in [0, 0.05) is 11.6 Å². The van der Waals surface area contributed by atoms with Gasteiger partial charge >= 0.3 is 0 Å². The van der Waals surface area contributed by atoms with Crippen molar-refractivity contribution in [3.8, 4) is 5.75 Å². The van der Waals surface area contributed by atoms with Crippen LogP contribution in [0, 0.1) is 5.92 Å². The predicted octanol–water partition coefficient (Wildman–Crippen LogP) is 2.11. The van der Waals surface area contributed by atoms with Crippen LogP contribution in [-0.4, -0.2) is 32.7 Å². The summed E-state index contributed by atoms with van der Waals surface area (Å²) in [6.07, 6.45) is 1.11. The number of benzene rings is 1. The summed E-state index contributed by atoms with van der Waals surface area (Å²) in [5, 5.41) is 6.76. The standard InChI is InChI=1S/C13H17ClN2O2.ClH/c1-18-12-6-10(14)2-3-11(12)13(17)16-8-9-4-5-15-7-9;/h2-3,6,9,15H,4-5,7-8H2,1H3,(H,16,17);1H. The van der Waals surface area contributed by atoms with E-state index in [2.05, 4.69) is 10.6 Å². The van der Waals surface area contributed by atoms with Crippen molar-refractivity contribution < 1.29 is 9.53 Å². The van der Waals surface area contributed by atoms with Gasteiger partial charge in [0.1, 0.15) is 5.75 Å². The molecule has 1 fully saturated rings. The summed E-state index contributed by atoms with van der Waals surface area (Å²) in [7, 11) is 1.53. The molecule has 0 spiro atoms. The zero-order chi connectivity index (χ0) is 13.0. The molecule has 0 radical (unpaired) electrons. The van der Waals surface area contributed by atoms with E-state index in [4.69, 9.17) is 16.3 Å². The van der Waals surface area contributed by atoms with Gasteiger partial charge in [-0.25, -0.2) is 0 Å². The number of carbonyl (C=O) groups is 1. The van der Waals surface area contributed by atoms with Crippen LogP contribution in [0.3, 0.4) is 0 Å². The molecule has 1 aromatic rings. The Labute approximate surface area is 124 Å². The molecule has 19 heavy (non-hydrogen) atoms. The van der Waals surface area contributed by atoms with E-state index >= 15 is 0 Å². The third-order valence-electron chi connectivity index (χ3n) is 3.12. The number of hydrogen-bond acceptors (Lipinski definition) is 3. The van der Waals surface area contributed by atoms with Crippen molar-refractivity contribution in [1.29, 1.82) is 0 Å². The second-order valence-electron chi connectivity index (χ2n) is 4.41. The average Bonchev–Trinajstić information content (AvgIpc) is 2.88. The quantitative estimate of drug-likeness (QED) is 0.896. The maximum Gasteiger partial charge on any atom is 0.255 e. The number of nitrogens with one attached hydrogen (secondary N) is 2. The average molecular weight is 305 g/mol. The van der Waals surface area contributed by atoms with E-state index in [-0.39, 0.29) is 18.3 Å². The molecule has 1 aliphatic heterocycles. The van der Waals surface area contributed by atoms with Gasteiger partial charge in [-0.3, -0.25) is 4.79 Å². The lowest BCUT2D eigenvalue weighted by Gasteiger charge is -2.12. The van der Waals surface area contributed by atoms with E-state index in [1.54, 1.807) is 18.2 Å². The molecule has 1 atom stereocenters. The highest BCUT2D eigenvalue weighted by Gasteiger charge is 2.17. The number of rotatable bonds is 4. The lowest BCUT2D eigenvalue weighted by Crippen LogP contribution is -2.30. The van der Waals surface area contributed by atoms with Crippen LogP contribution >= 0.6 is 24.0 Å². The minimum absolute atomic E-state index is 0. The van der Waals surface area contributed by atoms with Crippen LogP contribution in [0.2, 0.25) is 5.02 Å². The van der Waals surface area contributed by atoms with Crippen molar-refractivity contribution in [3.05, 3.63) is 28.8 Å². The summed E-state index contributed by atoms with van der Waals surface area (Å²) in [4.78, 5) is 12.0. The molecule has 0 bridgehead atoms. The molecule has 0 saturated carbocycles. The molecule has 2 rings (SSSR count). The van der Waals surface area contributed by atoms with Crippen LogP contribution in [0.25, 0.3) is 0 Å². The Morgan fingerprint density at radius 1 is 1.58 bits per heavy atom. The summed E-state index contributed by atoms with van der Waals surface area (Å²) < 4.78 is 5.16. The molecular weight excluding hydrogens is 287 g/mol. The van der Waals surface area contributed by atoms with E-state index in [0.29, 0.717) is 28.8 Å². The van der Waals surface area contributed by atoms with E-state index in [0.717, 1.165) is 19.5 Å². The third kappa shape index (κ3) is 4.27. The first-order chi connectivity index (χ1) is 8.70. The van der Waals surface area contributed by atoms with Crippen LogP contribution in [0.5, 0.6) is 5.75 Å². The van der Waals surface area contributed by atoms with Crippen LogP contribution in [0.15, 0.2) is 18.2 Å². The summed E-state index contributed by atoms with van der Waals surface area (Å²) in [5.41, 5.74) is 0.521. The molecule has 1 aliphatic rings. The van der Waals surface area contributed by atoms with Gasteiger partial charge in [0.05, 0.1) is 12.7 Å². The van der Waals surface area contributed by atoms with Crippen molar-refractivity contribution in [2.45, 2.75) is 6.42 Å². The Kier molecular flexibility index (Phi) is 6.42. The molecule has 1 aromatic carbocycles. The van der Waals surface area contributed by atoms with Crippen molar-refractivity contribution in [1.82, 2.24) is 10.6 Å². The molecule has 2 N–H and O–H groups in total. The minimum Gasteiger partial charge on any atom is -0.496 e. The predicted molar refractivity (Wildman–Crippen MR) is 78.6 cm³/mol. The summed E-state index contributed by atoms with van der Waals surface area (Å²) in [6.45, 7) is 2.69. The van der Waals surface area contributed by atoms with Gasteiger partial charge in [-0.05, 0) is 43.6 Å².